The van der Waals surface area contributed by atoms with Gasteiger partial charge in [-0.3, -0.25) is 0 Å². The largest absolute Gasteiger partial charge is 0.457 e. The van der Waals surface area contributed by atoms with E-state index in [2.05, 4.69) is 0 Å². The summed E-state index contributed by atoms with van der Waals surface area (Å²) in [6, 6.07) is 10.4. The molecule has 0 aromatic heterocycles. The van der Waals surface area contributed by atoms with E-state index in [1.165, 1.54) is 18.2 Å². The van der Waals surface area contributed by atoms with Gasteiger partial charge in [-0.25, -0.2) is 4.39 Å². The monoisotopic (exact) mass is 277 g/mol. The zero-order chi connectivity index (χ0) is 13.8. The Morgan fingerprint density at radius 1 is 1.26 bits per heavy atom. The highest BCUT2D eigenvalue weighted by molar-refractivity contribution is 6.30. The van der Waals surface area contributed by atoms with Crippen LogP contribution in [0.25, 0.3) is 0 Å². The quantitative estimate of drug-likeness (QED) is 0.932. The first-order valence-electron chi connectivity index (χ1n) is 5.41. The van der Waals surface area contributed by atoms with Crippen LogP contribution in [0, 0.1) is 17.1 Å². The summed E-state index contributed by atoms with van der Waals surface area (Å²) in [5.74, 6) is -0.0832. The van der Waals surface area contributed by atoms with Gasteiger partial charge in [-0.15, -0.1) is 0 Å². The third kappa shape index (κ3) is 3.02. The Bertz CT molecular complexity index is 652. The molecule has 0 unspecified atom stereocenters. The van der Waals surface area contributed by atoms with Crippen molar-refractivity contribution in [3.8, 4) is 17.6 Å². The van der Waals surface area contributed by atoms with Crippen LogP contribution in [0.5, 0.6) is 11.5 Å². The lowest BCUT2D eigenvalue weighted by molar-refractivity contribution is 0.276. The fourth-order valence-corrected chi connectivity index (χ4v) is 1.69. The van der Waals surface area contributed by atoms with E-state index in [0.717, 1.165) is 6.07 Å². The van der Waals surface area contributed by atoms with Crippen LogP contribution >= 0.6 is 11.6 Å². The number of nitriles is 1. The average molecular weight is 278 g/mol. The molecule has 0 heterocycles. The molecule has 0 radical (unpaired) electrons. The van der Waals surface area contributed by atoms with Gasteiger partial charge in [-0.2, -0.15) is 5.26 Å². The van der Waals surface area contributed by atoms with Gasteiger partial charge in [0, 0.05) is 16.7 Å². The second-order valence-electron chi connectivity index (χ2n) is 3.77. The highest BCUT2D eigenvalue weighted by Gasteiger charge is 2.08. The maximum absolute atomic E-state index is 13.4. The van der Waals surface area contributed by atoms with E-state index in [1.807, 2.05) is 0 Å². The molecule has 0 fully saturated rings. The Kier molecular flexibility index (Phi) is 4.00. The molecule has 2 aromatic rings. The van der Waals surface area contributed by atoms with E-state index < -0.39 is 5.82 Å². The molecule has 2 rings (SSSR count). The molecule has 0 bridgehead atoms. The molecule has 0 saturated heterocycles. The van der Waals surface area contributed by atoms with E-state index in [-0.39, 0.29) is 17.9 Å². The van der Waals surface area contributed by atoms with E-state index >= 15 is 0 Å². The molecule has 0 amide bonds. The summed E-state index contributed by atoms with van der Waals surface area (Å²) in [6.45, 7) is -0.217. The molecule has 0 atom stereocenters. The number of aliphatic hydroxyl groups is 1. The summed E-state index contributed by atoms with van der Waals surface area (Å²) in [7, 11) is 0. The molecule has 96 valence electrons. The van der Waals surface area contributed by atoms with E-state index in [9.17, 15) is 9.50 Å². The van der Waals surface area contributed by atoms with Gasteiger partial charge < -0.3 is 9.84 Å². The molecule has 0 saturated carbocycles. The Labute approximate surface area is 114 Å². The molecule has 0 aliphatic rings. The number of halogens is 2. The van der Waals surface area contributed by atoms with Gasteiger partial charge in [0.25, 0.3) is 0 Å². The van der Waals surface area contributed by atoms with Crippen LogP contribution in [-0.2, 0) is 6.61 Å². The highest BCUT2D eigenvalue weighted by Crippen LogP contribution is 2.29. The normalized spacial score (nSPS) is 10.0. The Hall–Kier alpha value is -2.09. The summed E-state index contributed by atoms with van der Waals surface area (Å²) < 4.78 is 18.9. The van der Waals surface area contributed by atoms with Crippen LogP contribution in [0.4, 0.5) is 4.39 Å². The van der Waals surface area contributed by atoms with Gasteiger partial charge in [0.2, 0.25) is 0 Å². The van der Waals surface area contributed by atoms with Crippen molar-refractivity contribution in [1.82, 2.24) is 0 Å². The van der Waals surface area contributed by atoms with Gasteiger partial charge in [0.05, 0.1) is 12.2 Å². The second kappa shape index (κ2) is 5.70. The minimum Gasteiger partial charge on any atom is -0.457 e. The fourth-order valence-electron chi connectivity index (χ4n) is 1.53. The molecule has 0 aliphatic carbocycles. The number of aliphatic hydroxyl groups excluding tert-OH is 1. The molecule has 3 nitrogen and oxygen atoms in total. The third-order valence-electron chi connectivity index (χ3n) is 2.49. The zero-order valence-corrected chi connectivity index (χ0v) is 10.5. The average Bonchev–Trinajstić information content (AvgIpc) is 2.39. The topological polar surface area (TPSA) is 53.2 Å². The van der Waals surface area contributed by atoms with Crippen LogP contribution < -0.4 is 4.74 Å². The minimum absolute atomic E-state index is 0.0548. The molecule has 2 aromatic carbocycles. The van der Waals surface area contributed by atoms with Crippen molar-refractivity contribution in [3.05, 3.63) is 58.4 Å². The van der Waals surface area contributed by atoms with Crippen LogP contribution in [0.1, 0.15) is 11.1 Å². The van der Waals surface area contributed by atoms with Crippen molar-refractivity contribution in [1.29, 1.82) is 5.26 Å². The zero-order valence-electron chi connectivity index (χ0n) is 9.73. The number of ether oxygens (including phenoxy) is 1. The Morgan fingerprint density at radius 3 is 2.68 bits per heavy atom. The SMILES string of the molecule is N#Cc1ccc(Oc2cc(Cl)ccc2CO)cc1F. The number of hydrogen-bond acceptors (Lipinski definition) is 3. The summed E-state index contributed by atoms with van der Waals surface area (Å²) in [5.41, 5.74) is 0.481. The lowest BCUT2D eigenvalue weighted by Crippen LogP contribution is -1.93. The van der Waals surface area contributed by atoms with Gasteiger partial charge in [-0.05, 0) is 24.3 Å². The van der Waals surface area contributed by atoms with Gasteiger partial charge in [0.1, 0.15) is 23.4 Å². The van der Waals surface area contributed by atoms with Crippen LogP contribution in [0.3, 0.4) is 0 Å². The Morgan fingerprint density at radius 2 is 2.05 bits per heavy atom. The second-order valence-corrected chi connectivity index (χ2v) is 4.20. The first-order chi connectivity index (χ1) is 9.13. The third-order valence-corrected chi connectivity index (χ3v) is 2.72. The number of hydrogen-bond donors (Lipinski definition) is 1. The van der Waals surface area contributed by atoms with Crippen LogP contribution in [-0.4, -0.2) is 5.11 Å². The number of rotatable bonds is 3. The van der Waals surface area contributed by atoms with Crippen molar-refractivity contribution in [3.63, 3.8) is 0 Å². The first kappa shape index (κ1) is 13.3. The molecule has 1 N–H and O–H groups in total. The smallest absolute Gasteiger partial charge is 0.144 e. The summed E-state index contributed by atoms with van der Waals surface area (Å²) in [6.07, 6.45) is 0. The predicted octanol–water partition coefficient (Wildman–Crippen LogP) is 3.64. The van der Waals surface area contributed by atoms with E-state index in [4.69, 9.17) is 21.6 Å². The van der Waals surface area contributed by atoms with Crippen molar-refractivity contribution in [2.75, 3.05) is 0 Å². The van der Waals surface area contributed by atoms with Crippen molar-refractivity contribution in [2.45, 2.75) is 6.61 Å². The fraction of sp³-hybridized carbons (Fsp3) is 0.0714. The molecular weight excluding hydrogens is 269 g/mol. The summed E-state index contributed by atoms with van der Waals surface area (Å²) in [5, 5.41) is 18.3. The number of benzene rings is 2. The lowest BCUT2D eigenvalue weighted by Gasteiger charge is -2.10. The van der Waals surface area contributed by atoms with Crippen LogP contribution in [0.15, 0.2) is 36.4 Å². The lowest BCUT2D eigenvalue weighted by atomic mass is 10.2. The summed E-state index contributed by atoms with van der Waals surface area (Å²) in [4.78, 5) is 0. The van der Waals surface area contributed by atoms with Gasteiger partial charge in [-0.1, -0.05) is 17.7 Å². The number of nitrogens with zero attached hydrogens (tertiary/aromatic N) is 1. The maximum Gasteiger partial charge on any atom is 0.144 e. The molecule has 5 heteroatoms. The predicted molar refractivity (Wildman–Crippen MR) is 68.6 cm³/mol. The van der Waals surface area contributed by atoms with E-state index in [0.29, 0.717) is 16.3 Å². The standard InChI is InChI=1S/C14H9ClFNO2/c15-11-3-1-10(8-18)14(5-11)19-12-4-2-9(7-17)13(16)6-12/h1-6,18H,8H2. The maximum atomic E-state index is 13.4. The van der Waals surface area contributed by atoms with Gasteiger partial charge in [0.15, 0.2) is 0 Å². The molecule has 19 heavy (non-hydrogen) atoms. The van der Waals surface area contributed by atoms with E-state index in [1.54, 1.807) is 18.2 Å². The highest BCUT2D eigenvalue weighted by atomic mass is 35.5. The van der Waals surface area contributed by atoms with Crippen molar-refractivity contribution in [2.24, 2.45) is 0 Å². The molecule has 0 spiro atoms. The molecule has 0 aliphatic heterocycles. The minimum atomic E-state index is -0.660. The Balaban J connectivity index is 2.33. The summed E-state index contributed by atoms with van der Waals surface area (Å²) >= 11 is 5.84. The van der Waals surface area contributed by atoms with Gasteiger partial charge >= 0.3 is 0 Å². The van der Waals surface area contributed by atoms with Crippen molar-refractivity contribution < 1.29 is 14.2 Å². The molecular formula is C14H9ClFNO2. The van der Waals surface area contributed by atoms with Crippen molar-refractivity contribution >= 4 is 11.6 Å². The van der Waals surface area contributed by atoms with Crippen LogP contribution in [0.2, 0.25) is 5.02 Å². The first-order valence-corrected chi connectivity index (χ1v) is 5.78.